The summed E-state index contributed by atoms with van der Waals surface area (Å²) in [6, 6.07) is 7.75. The van der Waals surface area contributed by atoms with Gasteiger partial charge in [-0.1, -0.05) is 23.7 Å². The molecule has 1 unspecified atom stereocenters. The molecule has 0 radical (unpaired) electrons. The van der Waals surface area contributed by atoms with Crippen LogP contribution in [0.1, 0.15) is 19.8 Å². The molecular formula is C17H24ClN3O2. The van der Waals surface area contributed by atoms with Gasteiger partial charge >= 0.3 is 0 Å². The van der Waals surface area contributed by atoms with Crippen LogP contribution in [0.15, 0.2) is 24.3 Å². The smallest absolute Gasteiger partial charge is 0.240 e. The van der Waals surface area contributed by atoms with Crippen molar-refractivity contribution >= 4 is 23.2 Å². The maximum Gasteiger partial charge on any atom is 0.240 e. The fourth-order valence-electron chi connectivity index (χ4n) is 3.34. The Morgan fingerprint density at radius 3 is 3.04 bits per heavy atom. The van der Waals surface area contributed by atoms with E-state index in [-0.39, 0.29) is 24.1 Å². The first-order valence-corrected chi connectivity index (χ1v) is 8.68. The van der Waals surface area contributed by atoms with E-state index in [2.05, 4.69) is 15.5 Å². The van der Waals surface area contributed by atoms with E-state index >= 15 is 0 Å². The Bertz CT molecular complexity index is 554. The number of carbonyl (C=O) groups is 1. The van der Waals surface area contributed by atoms with Gasteiger partial charge in [0.15, 0.2) is 0 Å². The summed E-state index contributed by atoms with van der Waals surface area (Å²) in [5.41, 5.74) is 1.04. The van der Waals surface area contributed by atoms with Gasteiger partial charge in [-0.05, 0) is 31.9 Å². The zero-order valence-corrected chi connectivity index (χ0v) is 14.2. The SMILES string of the molecule is C[C@H]1OCCN[C@@H]1C(=O)NC1CCCN(c2ccccc2Cl)C1. The number of hydrogen-bond acceptors (Lipinski definition) is 4. The molecule has 23 heavy (non-hydrogen) atoms. The third kappa shape index (κ3) is 3.97. The summed E-state index contributed by atoms with van der Waals surface area (Å²) in [4.78, 5) is 14.7. The molecule has 1 aromatic rings. The summed E-state index contributed by atoms with van der Waals surface area (Å²) in [6.07, 6.45) is 1.95. The number of hydrogen-bond donors (Lipinski definition) is 2. The monoisotopic (exact) mass is 337 g/mol. The lowest BCUT2D eigenvalue weighted by atomic mass is 10.0. The van der Waals surface area contributed by atoms with Crippen LogP contribution in [-0.4, -0.2) is 50.3 Å². The Balaban J connectivity index is 1.60. The molecule has 0 bridgehead atoms. The highest BCUT2D eigenvalue weighted by Crippen LogP contribution is 2.27. The van der Waals surface area contributed by atoms with Gasteiger partial charge in [0.25, 0.3) is 0 Å². The Morgan fingerprint density at radius 1 is 1.43 bits per heavy atom. The van der Waals surface area contributed by atoms with E-state index in [1.807, 2.05) is 31.2 Å². The number of carbonyl (C=O) groups excluding carboxylic acids is 1. The number of para-hydroxylation sites is 1. The lowest BCUT2D eigenvalue weighted by Gasteiger charge is -2.37. The molecular weight excluding hydrogens is 314 g/mol. The zero-order valence-electron chi connectivity index (χ0n) is 13.4. The van der Waals surface area contributed by atoms with Crippen molar-refractivity contribution in [3.05, 3.63) is 29.3 Å². The van der Waals surface area contributed by atoms with Crippen molar-refractivity contribution in [1.82, 2.24) is 10.6 Å². The first-order chi connectivity index (χ1) is 11.1. The first-order valence-electron chi connectivity index (χ1n) is 8.30. The topological polar surface area (TPSA) is 53.6 Å². The second-order valence-corrected chi connectivity index (χ2v) is 6.66. The minimum Gasteiger partial charge on any atom is -0.375 e. The van der Waals surface area contributed by atoms with Crippen molar-refractivity contribution in [3.63, 3.8) is 0 Å². The summed E-state index contributed by atoms with van der Waals surface area (Å²) >= 11 is 6.30. The third-order valence-corrected chi connectivity index (χ3v) is 4.88. The van der Waals surface area contributed by atoms with E-state index in [0.717, 1.165) is 43.2 Å². The highest BCUT2D eigenvalue weighted by atomic mass is 35.5. The minimum absolute atomic E-state index is 0.0307. The van der Waals surface area contributed by atoms with Gasteiger partial charge in [-0.25, -0.2) is 0 Å². The van der Waals surface area contributed by atoms with Crippen LogP contribution in [0.5, 0.6) is 0 Å². The summed E-state index contributed by atoms with van der Waals surface area (Å²) in [5, 5.41) is 7.17. The van der Waals surface area contributed by atoms with Gasteiger partial charge in [-0.2, -0.15) is 0 Å². The summed E-state index contributed by atoms with van der Waals surface area (Å²) in [6.45, 7) is 5.08. The molecule has 126 valence electrons. The van der Waals surface area contributed by atoms with E-state index in [9.17, 15) is 4.79 Å². The number of piperidine rings is 1. The molecule has 1 aromatic carbocycles. The standard InChI is InChI=1S/C17H24ClN3O2/c1-12-16(19-8-10-23-12)17(22)20-13-5-4-9-21(11-13)15-7-3-2-6-14(15)18/h2-3,6-7,12-13,16,19H,4-5,8-11H2,1H3,(H,20,22)/t12-,13?,16+/m1/s1. The molecule has 2 saturated heterocycles. The number of nitrogens with one attached hydrogen (secondary N) is 2. The van der Waals surface area contributed by atoms with Crippen LogP contribution in [0.4, 0.5) is 5.69 Å². The number of rotatable bonds is 3. The maximum atomic E-state index is 12.5. The molecule has 0 aromatic heterocycles. The molecule has 3 atom stereocenters. The molecule has 2 heterocycles. The van der Waals surface area contributed by atoms with Crippen molar-refractivity contribution < 1.29 is 9.53 Å². The van der Waals surface area contributed by atoms with Gasteiger partial charge in [0, 0.05) is 25.7 Å². The number of nitrogens with zero attached hydrogens (tertiary/aromatic N) is 1. The van der Waals surface area contributed by atoms with Crippen LogP contribution in [0.25, 0.3) is 0 Å². The lowest BCUT2D eigenvalue weighted by Crippen LogP contribution is -2.58. The molecule has 0 saturated carbocycles. The maximum absolute atomic E-state index is 12.5. The van der Waals surface area contributed by atoms with E-state index < -0.39 is 0 Å². The predicted octanol–water partition coefficient (Wildman–Crippen LogP) is 1.80. The van der Waals surface area contributed by atoms with E-state index in [1.54, 1.807) is 0 Å². The molecule has 2 aliphatic heterocycles. The third-order valence-electron chi connectivity index (χ3n) is 4.56. The number of benzene rings is 1. The molecule has 3 rings (SSSR count). The van der Waals surface area contributed by atoms with Crippen LogP contribution in [-0.2, 0) is 9.53 Å². The average molecular weight is 338 g/mol. The first kappa shape index (κ1) is 16.6. The molecule has 2 N–H and O–H groups in total. The molecule has 2 aliphatic rings. The number of amides is 1. The van der Waals surface area contributed by atoms with E-state index in [4.69, 9.17) is 16.3 Å². The Hall–Kier alpha value is -1.30. The van der Waals surface area contributed by atoms with Crippen LogP contribution in [0.3, 0.4) is 0 Å². The fraction of sp³-hybridized carbons (Fsp3) is 0.588. The quantitative estimate of drug-likeness (QED) is 0.883. The van der Waals surface area contributed by atoms with Crippen LogP contribution in [0.2, 0.25) is 5.02 Å². The van der Waals surface area contributed by atoms with E-state index in [0.29, 0.717) is 6.61 Å². The largest absolute Gasteiger partial charge is 0.375 e. The van der Waals surface area contributed by atoms with Crippen molar-refractivity contribution in [2.45, 2.75) is 38.0 Å². The van der Waals surface area contributed by atoms with Gasteiger partial charge in [0.2, 0.25) is 5.91 Å². The molecule has 0 spiro atoms. The molecule has 0 aliphatic carbocycles. The summed E-state index contributed by atoms with van der Waals surface area (Å²) in [7, 11) is 0. The van der Waals surface area contributed by atoms with Gasteiger partial charge in [0.05, 0.1) is 23.4 Å². The highest BCUT2D eigenvalue weighted by Gasteiger charge is 2.31. The zero-order chi connectivity index (χ0) is 16.2. The highest BCUT2D eigenvalue weighted by molar-refractivity contribution is 6.33. The van der Waals surface area contributed by atoms with Gasteiger partial charge in [0.1, 0.15) is 6.04 Å². The molecule has 1 amide bonds. The molecule has 5 nitrogen and oxygen atoms in total. The van der Waals surface area contributed by atoms with Crippen LogP contribution in [0, 0.1) is 0 Å². The second kappa shape index (κ2) is 7.51. The van der Waals surface area contributed by atoms with Crippen molar-refractivity contribution in [3.8, 4) is 0 Å². The van der Waals surface area contributed by atoms with Gasteiger partial charge in [-0.15, -0.1) is 0 Å². The number of ether oxygens (including phenoxy) is 1. The summed E-state index contributed by atoms with van der Waals surface area (Å²) in [5.74, 6) is 0.0307. The molecule has 6 heteroatoms. The Kier molecular flexibility index (Phi) is 5.41. The van der Waals surface area contributed by atoms with Gasteiger partial charge < -0.3 is 20.3 Å². The van der Waals surface area contributed by atoms with Crippen LogP contribution >= 0.6 is 11.6 Å². The second-order valence-electron chi connectivity index (χ2n) is 6.25. The van der Waals surface area contributed by atoms with Crippen molar-refractivity contribution in [2.75, 3.05) is 31.1 Å². The molecule has 2 fully saturated rings. The lowest BCUT2D eigenvalue weighted by molar-refractivity contribution is -0.129. The van der Waals surface area contributed by atoms with Crippen molar-refractivity contribution in [1.29, 1.82) is 0 Å². The predicted molar refractivity (Wildman–Crippen MR) is 92.0 cm³/mol. The number of anilines is 1. The van der Waals surface area contributed by atoms with Crippen LogP contribution < -0.4 is 15.5 Å². The van der Waals surface area contributed by atoms with E-state index in [1.165, 1.54) is 0 Å². The number of morpholine rings is 1. The normalized spacial score (nSPS) is 28.4. The summed E-state index contributed by atoms with van der Waals surface area (Å²) < 4.78 is 5.56. The van der Waals surface area contributed by atoms with Crippen molar-refractivity contribution in [2.24, 2.45) is 0 Å². The Labute approximate surface area is 142 Å². The Morgan fingerprint density at radius 2 is 2.26 bits per heavy atom. The minimum atomic E-state index is -0.264. The van der Waals surface area contributed by atoms with Gasteiger partial charge in [-0.3, -0.25) is 4.79 Å². The fourth-order valence-corrected chi connectivity index (χ4v) is 3.60. The number of halogens is 1. The average Bonchev–Trinajstić information content (AvgIpc) is 2.56.